The van der Waals surface area contributed by atoms with E-state index in [0.717, 1.165) is 5.56 Å². The van der Waals surface area contributed by atoms with Crippen molar-refractivity contribution in [1.29, 1.82) is 5.26 Å². The maximum Gasteiger partial charge on any atom is 0.263 e. The summed E-state index contributed by atoms with van der Waals surface area (Å²) >= 11 is 0. The molecule has 1 unspecified atom stereocenters. The lowest BCUT2D eigenvalue weighted by atomic mass is 9.95. The summed E-state index contributed by atoms with van der Waals surface area (Å²) in [5.74, 6) is -0.467. The van der Waals surface area contributed by atoms with Crippen LogP contribution in [0.3, 0.4) is 0 Å². The van der Waals surface area contributed by atoms with E-state index in [1.54, 1.807) is 6.07 Å². The number of aromatic nitrogens is 3. The number of anilines is 3. The third-order valence-electron chi connectivity index (χ3n) is 5.16. The number of nitriles is 1. The Morgan fingerprint density at radius 2 is 1.97 bits per heavy atom. The van der Waals surface area contributed by atoms with Crippen molar-refractivity contribution < 1.29 is 4.39 Å². The van der Waals surface area contributed by atoms with Crippen molar-refractivity contribution in [3.05, 3.63) is 81.5 Å². The van der Waals surface area contributed by atoms with Gasteiger partial charge >= 0.3 is 0 Å². The van der Waals surface area contributed by atoms with Gasteiger partial charge in [-0.2, -0.15) is 15.2 Å². The van der Waals surface area contributed by atoms with Gasteiger partial charge in [-0.25, -0.2) is 4.39 Å². The highest BCUT2D eigenvalue weighted by Crippen LogP contribution is 2.30. The van der Waals surface area contributed by atoms with E-state index in [9.17, 15) is 14.4 Å². The van der Waals surface area contributed by atoms with Gasteiger partial charge < -0.3 is 16.8 Å². The van der Waals surface area contributed by atoms with E-state index in [1.165, 1.54) is 22.7 Å². The predicted molar refractivity (Wildman–Crippen MR) is 121 cm³/mol. The number of fused-ring (bicyclic) bond motifs is 1. The van der Waals surface area contributed by atoms with E-state index >= 15 is 0 Å². The monoisotopic (exact) mass is 429 g/mol. The summed E-state index contributed by atoms with van der Waals surface area (Å²) in [6.45, 7) is 3.75. The summed E-state index contributed by atoms with van der Waals surface area (Å²) in [5.41, 5.74) is 14.5. The molecule has 0 bridgehead atoms. The first-order valence-corrected chi connectivity index (χ1v) is 9.80. The minimum Gasteiger partial charge on any atom is -0.382 e. The Balaban J connectivity index is 1.94. The molecule has 0 aliphatic carbocycles. The SMILES string of the molecule is Cc1cccc(-c2c(C(C)Nc3nc(N)nc(N)c3C#N)cc3ccc(F)cn3c2=O)c1. The molecule has 3 heterocycles. The van der Waals surface area contributed by atoms with Crippen LogP contribution in [0.25, 0.3) is 16.6 Å². The molecule has 0 saturated heterocycles. The van der Waals surface area contributed by atoms with Gasteiger partial charge in [-0.1, -0.05) is 29.8 Å². The van der Waals surface area contributed by atoms with Crippen molar-refractivity contribution in [3.63, 3.8) is 0 Å². The Hall–Kier alpha value is -4.45. The summed E-state index contributed by atoms with van der Waals surface area (Å²) in [6, 6.07) is 13.6. The van der Waals surface area contributed by atoms with E-state index in [0.29, 0.717) is 22.2 Å². The molecule has 0 fully saturated rings. The Morgan fingerprint density at radius 1 is 1.19 bits per heavy atom. The van der Waals surface area contributed by atoms with Gasteiger partial charge in [-0.3, -0.25) is 9.20 Å². The number of pyridine rings is 2. The van der Waals surface area contributed by atoms with Crippen LogP contribution in [0.15, 0.2) is 53.5 Å². The summed E-state index contributed by atoms with van der Waals surface area (Å²) in [4.78, 5) is 21.4. The van der Waals surface area contributed by atoms with Crippen molar-refractivity contribution in [2.75, 3.05) is 16.8 Å². The van der Waals surface area contributed by atoms with Crippen LogP contribution in [0.2, 0.25) is 0 Å². The van der Waals surface area contributed by atoms with Gasteiger partial charge in [-0.05, 0) is 43.2 Å². The topological polar surface area (TPSA) is 135 Å². The molecule has 5 N–H and O–H groups in total. The lowest BCUT2D eigenvalue weighted by Crippen LogP contribution is -2.22. The van der Waals surface area contributed by atoms with Gasteiger partial charge in [0.2, 0.25) is 5.95 Å². The Morgan fingerprint density at radius 3 is 2.69 bits per heavy atom. The number of aryl methyl sites for hydroxylation is 1. The summed E-state index contributed by atoms with van der Waals surface area (Å²) in [7, 11) is 0. The van der Waals surface area contributed by atoms with Crippen LogP contribution in [0.1, 0.15) is 29.7 Å². The maximum atomic E-state index is 13.9. The number of nitrogens with one attached hydrogen (secondary N) is 1. The van der Waals surface area contributed by atoms with Crippen molar-refractivity contribution in [2.45, 2.75) is 19.9 Å². The van der Waals surface area contributed by atoms with Crippen LogP contribution in [0.4, 0.5) is 22.0 Å². The van der Waals surface area contributed by atoms with E-state index < -0.39 is 11.9 Å². The highest BCUT2D eigenvalue weighted by molar-refractivity contribution is 5.72. The van der Waals surface area contributed by atoms with Gasteiger partial charge in [0, 0.05) is 11.7 Å². The van der Waals surface area contributed by atoms with E-state index in [2.05, 4.69) is 15.3 Å². The second kappa shape index (κ2) is 8.00. The third kappa shape index (κ3) is 3.70. The maximum absolute atomic E-state index is 13.9. The first-order valence-electron chi connectivity index (χ1n) is 9.80. The zero-order valence-corrected chi connectivity index (χ0v) is 17.4. The first kappa shape index (κ1) is 20.8. The van der Waals surface area contributed by atoms with E-state index in [1.807, 2.05) is 44.2 Å². The average molecular weight is 429 g/mol. The first-order chi connectivity index (χ1) is 15.3. The largest absolute Gasteiger partial charge is 0.382 e. The lowest BCUT2D eigenvalue weighted by molar-refractivity contribution is 0.618. The Labute approximate surface area is 183 Å². The zero-order chi connectivity index (χ0) is 23.0. The standard InChI is InChI=1S/C23H20FN7O/c1-12-4-3-5-14(8-12)19-17(9-16-7-6-15(24)11-31(16)22(19)32)13(2)28-21-18(10-25)20(26)29-23(27)30-21/h3-9,11,13H,1-2H3,(H5,26,27,28,29,30). The van der Waals surface area contributed by atoms with Crippen molar-refractivity contribution in [1.82, 2.24) is 14.4 Å². The number of nitrogens with two attached hydrogens (primary N) is 2. The molecule has 0 radical (unpaired) electrons. The molecule has 4 aromatic rings. The minimum absolute atomic E-state index is 0.0392. The zero-order valence-electron chi connectivity index (χ0n) is 17.4. The summed E-state index contributed by atoms with van der Waals surface area (Å²) in [6.07, 6.45) is 1.17. The molecule has 32 heavy (non-hydrogen) atoms. The number of nitrogens with zero attached hydrogens (tertiary/aromatic N) is 4. The van der Waals surface area contributed by atoms with Crippen LogP contribution in [0.5, 0.6) is 0 Å². The fraction of sp³-hybridized carbons (Fsp3) is 0.130. The quantitative estimate of drug-likeness (QED) is 0.452. The molecule has 0 amide bonds. The number of nitrogen functional groups attached to an aromatic ring is 2. The molecule has 3 aromatic heterocycles. The smallest absolute Gasteiger partial charge is 0.263 e. The Kier molecular flexibility index (Phi) is 5.20. The van der Waals surface area contributed by atoms with Gasteiger partial charge in [0.05, 0.1) is 11.6 Å². The third-order valence-corrected chi connectivity index (χ3v) is 5.16. The molecule has 0 spiro atoms. The summed E-state index contributed by atoms with van der Waals surface area (Å²) in [5, 5.41) is 12.6. The van der Waals surface area contributed by atoms with Crippen LogP contribution in [-0.4, -0.2) is 14.4 Å². The van der Waals surface area contributed by atoms with Crippen LogP contribution < -0.4 is 22.3 Å². The van der Waals surface area contributed by atoms with Crippen molar-refractivity contribution in [3.8, 4) is 17.2 Å². The van der Waals surface area contributed by atoms with Gasteiger partial charge in [0.1, 0.15) is 23.3 Å². The molecule has 0 aliphatic heterocycles. The van der Waals surface area contributed by atoms with E-state index in [4.69, 9.17) is 11.5 Å². The van der Waals surface area contributed by atoms with Crippen LogP contribution in [0, 0.1) is 24.1 Å². The molecule has 1 atom stereocenters. The molecule has 160 valence electrons. The molecule has 8 nitrogen and oxygen atoms in total. The number of halogens is 1. The van der Waals surface area contributed by atoms with E-state index in [-0.39, 0.29) is 28.7 Å². The predicted octanol–water partition coefficient (Wildman–Crippen LogP) is 3.41. The highest BCUT2D eigenvalue weighted by atomic mass is 19.1. The Bertz CT molecular complexity index is 1460. The highest BCUT2D eigenvalue weighted by Gasteiger charge is 2.21. The van der Waals surface area contributed by atoms with Gasteiger partial charge in [-0.15, -0.1) is 0 Å². The minimum atomic E-state index is -0.515. The molecule has 0 aliphatic rings. The average Bonchev–Trinajstić information content (AvgIpc) is 2.73. The van der Waals surface area contributed by atoms with Gasteiger partial charge in [0.15, 0.2) is 5.82 Å². The number of hydrogen-bond donors (Lipinski definition) is 3. The lowest BCUT2D eigenvalue weighted by Gasteiger charge is -2.20. The summed E-state index contributed by atoms with van der Waals surface area (Å²) < 4.78 is 15.2. The molecular formula is C23H20FN7O. The molecule has 1 aromatic carbocycles. The van der Waals surface area contributed by atoms with Crippen LogP contribution in [-0.2, 0) is 0 Å². The second-order valence-corrected chi connectivity index (χ2v) is 7.46. The molecule has 4 rings (SSSR count). The van der Waals surface area contributed by atoms with Crippen LogP contribution >= 0.6 is 0 Å². The number of hydrogen-bond acceptors (Lipinski definition) is 7. The number of benzene rings is 1. The number of rotatable bonds is 4. The normalized spacial score (nSPS) is 11.8. The molecule has 0 saturated carbocycles. The van der Waals surface area contributed by atoms with Gasteiger partial charge in [0.25, 0.3) is 5.56 Å². The van der Waals surface area contributed by atoms with Crippen molar-refractivity contribution in [2.24, 2.45) is 0 Å². The molecule has 9 heteroatoms. The van der Waals surface area contributed by atoms with Crippen molar-refractivity contribution >= 4 is 23.1 Å². The fourth-order valence-electron chi connectivity index (χ4n) is 3.68. The second-order valence-electron chi connectivity index (χ2n) is 7.46. The molecular weight excluding hydrogens is 409 g/mol. The fourth-order valence-corrected chi connectivity index (χ4v) is 3.68.